The van der Waals surface area contributed by atoms with Gasteiger partial charge in [-0.25, -0.2) is 5.01 Å². The molecule has 0 radical (unpaired) electrons. The number of piperazine rings is 1. The van der Waals surface area contributed by atoms with E-state index in [2.05, 4.69) is 23.4 Å². The second-order valence-electron chi connectivity index (χ2n) is 4.63. The zero-order valence-corrected chi connectivity index (χ0v) is 11.0. The standard InChI is InChI=1S/C12H22N4O/c1-4-12(5-2,10-13)11(17)14-16-8-6-15(3)7-9-16/h4-9H2,1-3H3,(H,14,17). The van der Waals surface area contributed by atoms with E-state index in [9.17, 15) is 10.1 Å². The van der Waals surface area contributed by atoms with Crippen LogP contribution in [0.1, 0.15) is 26.7 Å². The number of carbonyl (C=O) groups is 1. The Morgan fingerprint density at radius 3 is 2.24 bits per heavy atom. The van der Waals surface area contributed by atoms with Crippen molar-refractivity contribution in [2.75, 3.05) is 33.2 Å². The molecule has 0 spiro atoms. The fraction of sp³-hybridized carbons (Fsp3) is 0.833. The van der Waals surface area contributed by atoms with Crippen LogP contribution in [0.15, 0.2) is 0 Å². The van der Waals surface area contributed by atoms with E-state index in [4.69, 9.17) is 0 Å². The molecule has 1 N–H and O–H groups in total. The van der Waals surface area contributed by atoms with Crippen LogP contribution in [0, 0.1) is 16.7 Å². The van der Waals surface area contributed by atoms with Gasteiger partial charge in [-0.05, 0) is 19.9 Å². The maximum atomic E-state index is 12.1. The molecule has 0 bridgehead atoms. The fourth-order valence-corrected chi connectivity index (χ4v) is 1.95. The minimum atomic E-state index is -0.872. The Bertz CT molecular complexity index is 298. The van der Waals surface area contributed by atoms with E-state index in [1.165, 1.54) is 0 Å². The first-order chi connectivity index (χ1) is 8.07. The average molecular weight is 238 g/mol. The molecule has 5 heteroatoms. The highest BCUT2D eigenvalue weighted by Crippen LogP contribution is 2.25. The first kappa shape index (κ1) is 13.9. The SMILES string of the molecule is CCC(C#N)(CC)C(=O)NN1CCN(C)CC1. The summed E-state index contributed by atoms with van der Waals surface area (Å²) >= 11 is 0. The van der Waals surface area contributed by atoms with Crippen LogP contribution in [0.2, 0.25) is 0 Å². The highest BCUT2D eigenvalue weighted by atomic mass is 16.2. The van der Waals surface area contributed by atoms with Gasteiger partial charge in [0.15, 0.2) is 0 Å². The normalized spacial score (nSPS) is 18.7. The third-order valence-corrected chi connectivity index (χ3v) is 3.62. The van der Waals surface area contributed by atoms with Gasteiger partial charge in [0.25, 0.3) is 5.91 Å². The van der Waals surface area contributed by atoms with Crippen molar-refractivity contribution in [3.63, 3.8) is 0 Å². The zero-order chi connectivity index (χ0) is 12.9. The minimum Gasteiger partial charge on any atom is -0.304 e. The Morgan fingerprint density at radius 2 is 1.82 bits per heavy atom. The molecule has 0 aromatic carbocycles. The monoisotopic (exact) mass is 238 g/mol. The van der Waals surface area contributed by atoms with E-state index in [0.717, 1.165) is 26.2 Å². The lowest BCUT2D eigenvalue weighted by atomic mass is 9.83. The van der Waals surface area contributed by atoms with Crippen molar-refractivity contribution in [2.45, 2.75) is 26.7 Å². The summed E-state index contributed by atoms with van der Waals surface area (Å²) in [7, 11) is 2.07. The van der Waals surface area contributed by atoms with Crippen LogP contribution < -0.4 is 5.43 Å². The second kappa shape index (κ2) is 5.99. The maximum absolute atomic E-state index is 12.1. The van der Waals surface area contributed by atoms with Gasteiger partial charge in [0.1, 0.15) is 5.41 Å². The molecule has 1 aliphatic rings. The number of hydrazine groups is 1. The molecule has 0 atom stereocenters. The fourth-order valence-electron chi connectivity index (χ4n) is 1.95. The van der Waals surface area contributed by atoms with Crippen molar-refractivity contribution in [1.82, 2.24) is 15.3 Å². The molecule has 0 aromatic heterocycles. The topological polar surface area (TPSA) is 59.4 Å². The van der Waals surface area contributed by atoms with Gasteiger partial charge in [-0.3, -0.25) is 10.2 Å². The summed E-state index contributed by atoms with van der Waals surface area (Å²) in [6.45, 7) is 7.29. The number of nitriles is 1. The number of carbonyl (C=O) groups excluding carboxylic acids is 1. The highest BCUT2D eigenvalue weighted by molar-refractivity contribution is 5.84. The average Bonchev–Trinajstić information content (AvgIpc) is 2.35. The predicted octanol–water partition coefficient (Wildman–Crippen LogP) is 0.595. The lowest BCUT2D eigenvalue weighted by molar-refractivity contribution is -0.134. The molecule has 1 rings (SSSR count). The summed E-state index contributed by atoms with van der Waals surface area (Å²) in [4.78, 5) is 14.3. The van der Waals surface area contributed by atoms with Gasteiger partial charge in [0, 0.05) is 26.2 Å². The summed E-state index contributed by atoms with van der Waals surface area (Å²) in [6, 6.07) is 2.16. The molecule has 0 saturated carbocycles. The summed E-state index contributed by atoms with van der Waals surface area (Å²) in [6.07, 6.45) is 1.11. The molecule has 0 aromatic rings. The number of hydrogen-bond acceptors (Lipinski definition) is 4. The molecule has 1 aliphatic heterocycles. The largest absolute Gasteiger partial charge is 0.304 e. The van der Waals surface area contributed by atoms with Crippen molar-refractivity contribution in [1.29, 1.82) is 5.26 Å². The molecule has 1 amide bonds. The van der Waals surface area contributed by atoms with Crippen LogP contribution >= 0.6 is 0 Å². The number of hydrogen-bond donors (Lipinski definition) is 1. The number of amides is 1. The predicted molar refractivity (Wildman–Crippen MR) is 65.8 cm³/mol. The minimum absolute atomic E-state index is 0.158. The summed E-state index contributed by atoms with van der Waals surface area (Å²) in [5, 5.41) is 11.1. The van der Waals surface area contributed by atoms with Gasteiger partial charge in [0.2, 0.25) is 0 Å². The van der Waals surface area contributed by atoms with E-state index in [0.29, 0.717) is 12.8 Å². The first-order valence-corrected chi connectivity index (χ1v) is 6.23. The Morgan fingerprint density at radius 1 is 1.29 bits per heavy atom. The number of nitrogens with one attached hydrogen (secondary N) is 1. The second-order valence-corrected chi connectivity index (χ2v) is 4.63. The molecule has 5 nitrogen and oxygen atoms in total. The molecule has 96 valence electrons. The molecule has 0 aliphatic carbocycles. The van der Waals surface area contributed by atoms with Crippen molar-refractivity contribution < 1.29 is 4.79 Å². The van der Waals surface area contributed by atoms with Gasteiger partial charge in [-0.2, -0.15) is 5.26 Å². The Hall–Kier alpha value is -1.12. The van der Waals surface area contributed by atoms with E-state index in [1.807, 2.05) is 18.9 Å². The third-order valence-electron chi connectivity index (χ3n) is 3.62. The Labute approximate surface area is 103 Å². The van der Waals surface area contributed by atoms with E-state index in [1.54, 1.807) is 0 Å². The van der Waals surface area contributed by atoms with Gasteiger partial charge in [-0.1, -0.05) is 13.8 Å². The summed E-state index contributed by atoms with van der Waals surface area (Å²) < 4.78 is 0. The Balaban J connectivity index is 2.56. The lowest BCUT2D eigenvalue weighted by Gasteiger charge is -2.34. The van der Waals surface area contributed by atoms with Gasteiger partial charge >= 0.3 is 0 Å². The number of nitrogens with zero attached hydrogens (tertiary/aromatic N) is 3. The van der Waals surface area contributed by atoms with Crippen molar-refractivity contribution in [2.24, 2.45) is 5.41 Å². The van der Waals surface area contributed by atoms with Crippen LogP contribution in [0.25, 0.3) is 0 Å². The quantitative estimate of drug-likeness (QED) is 0.779. The molecular formula is C12H22N4O. The Kier molecular flexibility index (Phi) is 4.91. The van der Waals surface area contributed by atoms with Crippen LogP contribution in [-0.2, 0) is 4.79 Å². The molecule has 1 fully saturated rings. The van der Waals surface area contributed by atoms with Crippen LogP contribution in [0.3, 0.4) is 0 Å². The molecule has 0 unspecified atom stereocenters. The van der Waals surface area contributed by atoms with Crippen LogP contribution in [0.5, 0.6) is 0 Å². The summed E-state index contributed by atoms with van der Waals surface area (Å²) in [5.41, 5.74) is 2.01. The molecule has 1 heterocycles. The molecule has 17 heavy (non-hydrogen) atoms. The summed E-state index contributed by atoms with van der Waals surface area (Å²) in [5.74, 6) is -0.158. The maximum Gasteiger partial charge on any atom is 0.254 e. The van der Waals surface area contributed by atoms with Gasteiger partial charge in [-0.15, -0.1) is 0 Å². The smallest absolute Gasteiger partial charge is 0.254 e. The van der Waals surface area contributed by atoms with Gasteiger partial charge in [0.05, 0.1) is 6.07 Å². The number of likely N-dealkylation sites (N-methyl/N-ethyl adjacent to an activating group) is 1. The van der Waals surface area contributed by atoms with Crippen molar-refractivity contribution >= 4 is 5.91 Å². The van der Waals surface area contributed by atoms with Crippen LogP contribution in [-0.4, -0.2) is 49.0 Å². The highest BCUT2D eigenvalue weighted by Gasteiger charge is 2.36. The van der Waals surface area contributed by atoms with E-state index in [-0.39, 0.29) is 5.91 Å². The van der Waals surface area contributed by atoms with Gasteiger partial charge < -0.3 is 4.90 Å². The van der Waals surface area contributed by atoms with E-state index >= 15 is 0 Å². The lowest BCUT2D eigenvalue weighted by Crippen LogP contribution is -2.55. The third kappa shape index (κ3) is 3.18. The zero-order valence-electron chi connectivity index (χ0n) is 11.0. The molecule has 1 saturated heterocycles. The molecular weight excluding hydrogens is 216 g/mol. The van der Waals surface area contributed by atoms with E-state index < -0.39 is 5.41 Å². The first-order valence-electron chi connectivity index (χ1n) is 6.23. The van der Waals surface area contributed by atoms with Crippen molar-refractivity contribution in [3.05, 3.63) is 0 Å². The van der Waals surface area contributed by atoms with Crippen LogP contribution in [0.4, 0.5) is 0 Å². The number of rotatable bonds is 4. The van der Waals surface area contributed by atoms with Crippen molar-refractivity contribution in [3.8, 4) is 6.07 Å².